The van der Waals surface area contributed by atoms with E-state index < -0.39 is 0 Å². The number of hydrogen-bond donors (Lipinski definition) is 0. The first-order valence-corrected chi connectivity index (χ1v) is 9.62. The van der Waals surface area contributed by atoms with Gasteiger partial charge in [-0.3, -0.25) is 0 Å². The van der Waals surface area contributed by atoms with Gasteiger partial charge in [0.15, 0.2) is 0 Å². The zero-order valence-corrected chi connectivity index (χ0v) is 14.6. The molecule has 3 aromatic carbocycles. The van der Waals surface area contributed by atoms with Crippen molar-refractivity contribution in [1.29, 1.82) is 0 Å². The van der Waals surface area contributed by atoms with Crippen LogP contribution < -0.4 is 0 Å². The van der Waals surface area contributed by atoms with Crippen LogP contribution in [0.3, 0.4) is 0 Å². The van der Waals surface area contributed by atoms with E-state index >= 15 is 0 Å². The molecule has 3 aromatic rings. The lowest BCUT2D eigenvalue weighted by Crippen LogP contribution is -2.26. The third kappa shape index (κ3) is 1.90. The van der Waals surface area contributed by atoms with Gasteiger partial charge in [0, 0.05) is 18.3 Å². The average Bonchev–Trinajstić information content (AvgIpc) is 3.24. The molecule has 2 radical (unpaired) electrons. The highest BCUT2D eigenvalue weighted by atomic mass is 14.5. The van der Waals surface area contributed by atoms with Gasteiger partial charge < -0.3 is 0 Å². The van der Waals surface area contributed by atoms with E-state index in [1.807, 2.05) is 0 Å². The highest BCUT2D eigenvalue weighted by Gasteiger charge is 2.44. The molecule has 3 aliphatic rings. The Hall–Kier alpha value is -2.60. The van der Waals surface area contributed by atoms with Crippen molar-refractivity contribution in [1.82, 2.24) is 0 Å². The molecule has 3 unspecified atom stereocenters. The second-order valence-electron chi connectivity index (χ2n) is 7.76. The van der Waals surface area contributed by atoms with Gasteiger partial charge in [-0.25, -0.2) is 0 Å². The molecule has 0 amide bonds. The van der Waals surface area contributed by atoms with Crippen molar-refractivity contribution in [2.75, 3.05) is 0 Å². The molecule has 0 bridgehead atoms. The van der Waals surface area contributed by atoms with Gasteiger partial charge in [0.1, 0.15) is 0 Å². The van der Waals surface area contributed by atoms with Crippen LogP contribution in [0.5, 0.6) is 0 Å². The minimum absolute atomic E-state index is 0.474. The first kappa shape index (κ1) is 14.6. The van der Waals surface area contributed by atoms with Gasteiger partial charge in [0.25, 0.3) is 0 Å². The summed E-state index contributed by atoms with van der Waals surface area (Å²) < 4.78 is 0. The zero-order valence-electron chi connectivity index (χ0n) is 14.6. The first-order chi connectivity index (χ1) is 12.9. The number of hydrogen-bond acceptors (Lipinski definition) is 0. The van der Waals surface area contributed by atoms with Gasteiger partial charge in [-0.15, -0.1) is 0 Å². The Morgan fingerprint density at radius 1 is 0.692 bits per heavy atom. The van der Waals surface area contributed by atoms with Crippen molar-refractivity contribution < 1.29 is 0 Å². The van der Waals surface area contributed by atoms with Crippen molar-refractivity contribution >= 4 is 0 Å². The Balaban J connectivity index is 1.49. The second-order valence-corrected chi connectivity index (χ2v) is 7.76. The highest BCUT2D eigenvalue weighted by Crippen LogP contribution is 2.57. The lowest BCUT2D eigenvalue weighted by atomic mass is 9.68. The highest BCUT2D eigenvalue weighted by molar-refractivity contribution is 5.79. The Kier molecular flexibility index (Phi) is 3.05. The minimum Gasteiger partial charge on any atom is -0.0876 e. The fourth-order valence-corrected chi connectivity index (χ4v) is 5.51. The maximum atomic E-state index is 3.87. The Labute approximate surface area is 155 Å². The molecular formula is C26H20. The molecule has 26 heavy (non-hydrogen) atoms. The van der Waals surface area contributed by atoms with Gasteiger partial charge in [0.2, 0.25) is 0 Å². The molecule has 0 spiro atoms. The van der Waals surface area contributed by atoms with Crippen LogP contribution in [-0.2, 0) is 0 Å². The molecule has 124 valence electrons. The van der Waals surface area contributed by atoms with Crippen LogP contribution in [0.2, 0.25) is 0 Å². The Bertz CT molecular complexity index is 980. The lowest BCUT2D eigenvalue weighted by Gasteiger charge is -2.35. The predicted octanol–water partition coefficient (Wildman–Crippen LogP) is 6.22. The smallest absolute Gasteiger partial charge is 0.0214 e. The lowest BCUT2D eigenvalue weighted by molar-refractivity contribution is 0.321. The van der Waals surface area contributed by atoms with Gasteiger partial charge in [-0.2, -0.15) is 0 Å². The summed E-state index contributed by atoms with van der Waals surface area (Å²) in [5, 5.41) is 0. The molecule has 0 nitrogen and oxygen atoms in total. The van der Waals surface area contributed by atoms with Crippen LogP contribution in [0.4, 0.5) is 0 Å². The van der Waals surface area contributed by atoms with E-state index in [2.05, 4.69) is 91.4 Å². The van der Waals surface area contributed by atoms with Crippen molar-refractivity contribution in [2.24, 2.45) is 11.8 Å². The minimum atomic E-state index is 0.474. The van der Waals surface area contributed by atoms with Crippen molar-refractivity contribution in [3.63, 3.8) is 0 Å². The van der Waals surface area contributed by atoms with Crippen LogP contribution in [0.15, 0.2) is 84.9 Å². The van der Waals surface area contributed by atoms with Gasteiger partial charge in [-0.05, 0) is 51.6 Å². The zero-order chi connectivity index (χ0) is 17.1. The van der Waals surface area contributed by atoms with E-state index in [0.717, 1.165) is 6.42 Å². The van der Waals surface area contributed by atoms with Crippen LogP contribution in [0.1, 0.15) is 40.5 Å². The molecule has 3 aliphatic carbocycles. The monoisotopic (exact) mass is 332 g/mol. The summed E-state index contributed by atoms with van der Waals surface area (Å²) >= 11 is 0. The van der Waals surface area contributed by atoms with E-state index in [0.29, 0.717) is 23.7 Å². The number of benzene rings is 3. The van der Waals surface area contributed by atoms with Crippen LogP contribution in [0, 0.1) is 18.3 Å². The quantitative estimate of drug-likeness (QED) is 0.464. The molecule has 0 aromatic heterocycles. The molecule has 0 saturated heterocycles. The van der Waals surface area contributed by atoms with Crippen LogP contribution in [0.25, 0.3) is 11.1 Å². The van der Waals surface area contributed by atoms with Crippen LogP contribution in [-0.4, -0.2) is 0 Å². The summed E-state index contributed by atoms with van der Waals surface area (Å²) in [5.74, 6) is 2.01. The number of rotatable bonds is 1. The van der Waals surface area contributed by atoms with Gasteiger partial charge in [-0.1, -0.05) is 84.9 Å². The summed E-state index contributed by atoms with van der Waals surface area (Å²) in [6.45, 7) is 0. The molecule has 0 saturated carbocycles. The topological polar surface area (TPSA) is 0 Å². The SMILES string of the molecule is [C]1c2ccccc2C2C=CCC(C3c4ccccc4-c4ccccc43)C12. The maximum Gasteiger partial charge on any atom is 0.0214 e. The maximum absolute atomic E-state index is 3.87. The van der Waals surface area contributed by atoms with E-state index in [4.69, 9.17) is 0 Å². The number of allylic oxidation sites excluding steroid dienone is 2. The molecular weight excluding hydrogens is 312 g/mol. The van der Waals surface area contributed by atoms with Gasteiger partial charge >= 0.3 is 0 Å². The summed E-state index contributed by atoms with van der Waals surface area (Å²) in [4.78, 5) is 0. The van der Waals surface area contributed by atoms with E-state index in [1.165, 1.54) is 33.4 Å². The fraction of sp³-hybridized carbons (Fsp3) is 0.192. The largest absolute Gasteiger partial charge is 0.0876 e. The third-order valence-electron chi connectivity index (χ3n) is 6.55. The van der Waals surface area contributed by atoms with E-state index in [-0.39, 0.29) is 0 Å². The van der Waals surface area contributed by atoms with Crippen LogP contribution >= 0.6 is 0 Å². The molecule has 0 heteroatoms. The molecule has 0 aliphatic heterocycles. The van der Waals surface area contributed by atoms with Crippen molar-refractivity contribution in [3.8, 4) is 11.1 Å². The van der Waals surface area contributed by atoms with Gasteiger partial charge in [0.05, 0.1) is 0 Å². The molecule has 6 rings (SSSR count). The Morgan fingerprint density at radius 2 is 1.31 bits per heavy atom. The number of fused-ring (bicyclic) bond motifs is 6. The summed E-state index contributed by atoms with van der Waals surface area (Å²) in [7, 11) is 0. The summed E-state index contributed by atoms with van der Waals surface area (Å²) in [6.07, 6.45) is 9.85. The third-order valence-corrected chi connectivity index (χ3v) is 6.55. The van der Waals surface area contributed by atoms with Crippen molar-refractivity contribution in [3.05, 3.63) is 114 Å². The molecule has 0 N–H and O–H groups in total. The fourth-order valence-electron chi connectivity index (χ4n) is 5.51. The summed E-state index contributed by atoms with van der Waals surface area (Å²) in [6, 6.07) is 26.8. The first-order valence-electron chi connectivity index (χ1n) is 9.62. The summed E-state index contributed by atoms with van der Waals surface area (Å²) in [5.41, 5.74) is 8.64. The normalized spacial score (nSPS) is 25.5. The Morgan fingerprint density at radius 3 is 2.04 bits per heavy atom. The predicted molar refractivity (Wildman–Crippen MR) is 106 cm³/mol. The molecule has 0 fully saturated rings. The molecule has 3 atom stereocenters. The molecule has 0 heterocycles. The average molecular weight is 332 g/mol. The van der Waals surface area contributed by atoms with E-state index in [1.54, 1.807) is 0 Å². The van der Waals surface area contributed by atoms with E-state index in [9.17, 15) is 0 Å². The van der Waals surface area contributed by atoms with Crippen molar-refractivity contribution in [2.45, 2.75) is 18.3 Å². The standard InChI is InChI=1S/C26H20/c1-2-9-18-17(8-1)16-25-19(18)14-7-15-24(25)26-22-12-5-3-10-20(22)21-11-4-6-13-23(21)26/h1-14,19,24-26H,15H2. The second kappa shape index (κ2) is 5.45.